The number of benzene rings is 3. The first-order chi connectivity index (χ1) is 14.8. The van der Waals surface area contributed by atoms with E-state index in [0.29, 0.717) is 10.9 Å². The summed E-state index contributed by atoms with van der Waals surface area (Å²) in [5.74, 6) is -1.83. The Hall–Kier alpha value is -3.72. The molecular formula is C22H17F2NO6. The summed E-state index contributed by atoms with van der Waals surface area (Å²) in [7, 11) is 1.35. The molecule has 2 N–H and O–H groups in total. The standard InChI is InChI=1S/C22H17F2NO6/c1-30-18-13-4-2-3-5-14(13)19(31-22(23)24)17-16(18)20(28)25(21(17)29)12-8-6-11(7-9-12)10-15(26)27/h2-9,21-22,29H,10H2,1H3,(H,26,27). The summed E-state index contributed by atoms with van der Waals surface area (Å²) in [4.78, 5) is 25.2. The minimum Gasteiger partial charge on any atom is -0.495 e. The number of carbonyl (C=O) groups is 2. The number of halogens is 2. The predicted molar refractivity (Wildman–Crippen MR) is 107 cm³/mol. The monoisotopic (exact) mass is 429 g/mol. The highest BCUT2D eigenvalue weighted by Crippen LogP contribution is 2.50. The molecule has 0 saturated carbocycles. The van der Waals surface area contributed by atoms with Gasteiger partial charge in [-0.15, -0.1) is 0 Å². The summed E-state index contributed by atoms with van der Waals surface area (Å²) >= 11 is 0. The zero-order valence-electron chi connectivity index (χ0n) is 16.2. The van der Waals surface area contributed by atoms with E-state index in [0.717, 1.165) is 4.90 Å². The molecule has 1 aliphatic rings. The molecule has 9 heteroatoms. The second-order valence-electron chi connectivity index (χ2n) is 6.86. The molecule has 1 atom stereocenters. The lowest BCUT2D eigenvalue weighted by molar-refractivity contribution is -0.136. The maximum absolute atomic E-state index is 13.3. The smallest absolute Gasteiger partial charge is 0.387 e. The summed E-state index contributed by atoms with van der Waals surface area (Å²) in [6, 6.07) is 12.4. The van der Waals surface area contributed by atoms with Gasteiger partial charge in [0.25, 0.3) is 5.91 Å². The number of anilines is 1. The maximum Gasteiger partial charge on any atom is 0.387 e. The quantitative estimate of drug-likeness (QED) is 0.620. The van der Waals surface area contributed by atoms with Gasteiger partial charge in [0.2, 0.25) is 0 Å². The summed E-state index contributed by atoms with van der Waals surface area (Å²) in [6.07, 6.45) is -1.82. The summed E-state index contributed by atoms with van der Waals surface area (Å²) in [6.45, 7) is -3.17. The van der Waals surface area contributed by atoms with Crippen molar-refractivity contribution < 1.29 is 38.1 Å². The van der Waals surface area contributed by atoms with Crippen molar-refractivity contribution in [2.75, 3.05) is 12.0 Å². The molecule has 0 bridgehead atoms. The molecule has 0 aromatic heterocycles. The third-order valence-corrected chi connectivity index (χ3v) is 5.07. The van der Waals surface area contributed by atoms with E-state index in [9.17, 15) is 23.5 Å². The first kappa shape index (κ1) is 20.5. The molecule has 0 spiro atoms. The molecule has 0 aliphatic carbocycles. The summed E-state index contributed by atoms with van der Waals surface area (Å²) in [5.41, 5.74) is 0.575. The van der Waals surface area contributed by atoms with Crippen LogP contribution in [0.15, 0.2) is 48.5 Å². The number of nitrogens with zero attached hydrogens (tertiary/aromatic N) is 1. The van der Waals surface area contributed by atoms with Crippen molar-refractivity contribution in [3.63, 3.8) is 0 Å². The SMILES string of the molecule is COc1c2c(c(OC(F)F)c3ccccc13)C(O)N(c1ccc(CC(=O)O)cc1)C2=O. The molecule has 1 unspecified atom stereocenters. The molecule has 0 saturated heterocycles. The lowest BCUT2D eigenvalue weighted by Crippen LogP contribution is -2.27. The number of hydrogen-bond acceptors (Lipinski definition) is 5. The molecule has 0 radical (unpaired) electrons. The van der Waals surface area contributed by atoms with Crippen molar-refractivity contribution in [3.8, 4) is 11.5 Å². The van der Waals surface area contributed by atoms with E-state index >= 15 is 0 Å². The number of aliphatic hydroxyl groups excluding tert-OH is 1. The zero-order chi connectivity index (χ0) is 22.3. The normalized spacial score (nSPS) is 15.5. The summed E-state index contributed by atoms with van der Waals surface area (Å²) in [5, 5.41) is 20.5. The molecule has 3 aromatic rings. The van der Waals surface area contributed by atoms with Crippen LogP contribution in [-0.4, -0.2) is 35.8 Å². The van der Waals surface area contributed by atoms with E-state index in [2.05, 4.69) is 0 Å². The van der Waals surface area contributed by atoms with Gasteiger partial charge in [-0.2, -0.15) is 8.78 Å². The van der Waals surface area contributed by atoms with Gasteiger partial charge in [-0.1, -0.05) is 36.4 Å². The predicted octanol–water partition coefficient (Wildman–Crippen LogP) is 3.73. The van der Waals surface area contributed by atoms with Crippen LogP contribution in [0, 0.1) is 0 Å². The van der Waals surface area contributed by atoms with Gasteiger partial charge in [0.15, 0.2) is 6.23 Å². The minimum absolute atomic E-state index is 0.0704. The Morgan fingerprint density at radius 1 is 1.10 bits per heavy atom. The highest BCUT2D eigenvalue weighted by atomic mass is 19.3. The average Bonchev–Trinajstić information content (AvgIpc) is 2.99. The third kappa shape index (κ3) is 3.42. The number of aliphatic hydroxyl groups is 1. The van der Waals surface area contributed by atoms with Gasteiger partial charge in [-0.25, -0.2) is 0 Å². The zero-order valence-corrected chi connectivity index (χ0v) is 16.2. The number of amides is 1. The second kappa shape index (κ2) is 7.84. The Kier molecular flexibility index (Phi) is 5.20. The Morgan fingerprint density at radius 2 is 1.71 bits per heavy atom. The van der Waals surface area contributed by atoms with Crippen LogP contribution in [-0.2, 0) is 11.2 Å². The van der Waals surface area contributed by atoms with Gasteiger partial charge in [0.1, 0.15) is 11.5 Å². The first-order valence-corrected chi connectivity index (χ1v) is 9.23. The largest absolute Gasteiger partial charge is 0.495 e. The maximum atomic E-state index is 13.3. The molecule has 7 nitrogen and oxygen atoms in total. The Balaban J connectivity index is 1.89. The van der Waals surface area contributed by atoms with Crippen molar-refractivity contribution in [3.05, 3.63) is 65.2 Å². The van der Waals surface area contributed by atoms with Gasteiger partial charge < -0.3 is 19.7 Å². The fraction of sp³-hybridized carbons (Fsp3) is 0.182. The molecule has 4 rings (SSSR count). The number of rotatable bonds is 6. The molecule has 3 aromatic carbocycles. The minimum atomic E-state index is -3.17. The van der Waals surface area contributed by atoms with Gasteiger partial charge in [-0.3, -0.25) is 14.5 Å². The van der Waals surface area contributed by atoms with Gasteiger partial charge >= 0.3 is 12.6 Å². The Labute approximate surface area is 175 Å². The van der Waals surface area contributed by atoms with E-state index in [-0.39, 0.29) is 40.1 Å². The van der Waals surface area contributed by atoms with Gasteiger partial charge in [0.05, 0.1) is 24.7 Å². The number of fused-ring (bicyclic) bond motifs is 2. The van der Waals surface area contributed by atoms with Crippen molar-refractivity contribution in [1.82, 2.24) is 0 Å². The van der Waals surface area contributed by atoms with Gasteiger partial charge in [0, 0.05) is 16.5 Å². The van der Waals surface area contributed by atoms with E-state index in [1.165, 1.54) is 37.4 Å². The number of alkyl halides is 2. The van der Waals surface area contributed by atoms with Crippen molar-refractivity contribution in [2.24, 2.45) is 0 Å². The van der Waals surface area contributed by atoms with Crippen LogP contribution in [0.25, 0.3) is 10.8 Å². The van der Waals surface area contributed by atoms with Crippen LogP contribution >= 0.6 is 0 Å². The third-order valence-electron chi connectivity index (χ3n) is 5.07. The number of carboxylic acid groups (broad SMARTS) is 1. The molecule has 1 heterocycles. The topological polar surface area (TPSA) is 96.3 Å². The number of methoxy groups -OCH3 is 1. The van der Waals surface area contributed by atoms with Crippen LogP contribution in [0.3, 0.4) is 0 Å². The van der Waals surface area contributed by atoms with Crippen LogP contribution in [0.1, 0.15) is 27.7 Å². The fourth-order valence-corrected chi connectivity index (χ4v) is 3.85. The Bertz CT molecular complexity index is 1180. The summed E-state index contributed by atoms with van der Waals surface area (Å²) < 4.78 is 36.6. The molecule has 1 amide bonds. The first-order valence-electron chi connectivity index (χ1n) is 9.23. The number of ether oxygens (including phenoxy) is 2. The van der Waals surface area contributed by atoms with Crippen LogP contribution < -0.4 is 14.4 Å². The molecule has 160 valence electrons. The van der Waals surface area contributed by atoms with Crippen molar-refractivity contribution in [1.29, 1.82) is 0 Å². The fourth-order valence-electron chi connectivity index (χ4n) is 3.85. The van der Waals surface area contributed by atoms with E-state index in [1.807, 2.05) is 0 Å². The van der Waals surface area contributed by atoms with Crippen molar-refractivity contribution >= 4 is 28.3 Å². The molecule has 1 aliphatic heterocycles. The van der Waals surface area contributed by atoms with Gasteiger partial charge in [-0.05, 0) is 17.7 Å². The molecular weight excluding hydrogens is 412 g/mol. The van der Waals surface area contributed by atoms with Crippen molar-refractivity contribution in [2.45, 2.75) is 19.3 Å². The van der Waals surface area contributed by atoms with E-state index in [4.69, 9.17) is 14.6 Å². The van der Waals surface area contributed by atoms with E-state index in [1.54, 1.807) is 18.2 Å². The average molecular weight is 429 g/mol. The molecule has 0 fully saturated rings. The highest BCUT2D eigenvalue weighted by molar-refractivity contribution is 6.17. The van der Waals surface area contributed by atoms with Crippen LogP contribution in [0.5, 0.6) is 11.5 Å². The van der Waals surface area contributed by atoms with Crippen LogP contribution in [0.2, 0.25) is 0 Å². The highest BCUT2D eigenvalue weighted by Gasteiger charge is 2.43. The number of carboxylic acids is 1. The van der Waals surface area contributed by atoms with Crippen LogP contribution in [0.4, 0.5) is 14.5 Å². The lowest BCUT2D eigenvalue weighted by Gasteiger charge is -2.22. The number of carbonyl (C=O) groups excluding carboxylic acids is 1. The number of hydrogen-bond donors (Lipinski definition) is 2. The Morgan fingerprint density at radius 3 is 2.26 bits per heavy atom. The lowest BCUT2D eigenvalue weighted by atomic mass is 9.98. The van der Waals surface area contributed by atoms with E-state index < -0.39 is 24.7 Å². The number of aliphatic carboxylic acids is 1. The second-order valence-corrected chi connectivity index (χ2v) is 6.86. The molecule has 31 heavy (non-hydrogen) atoms.